The summed E-state index contributed by atoms with van der Waals surface area (Å²) in [5.41, 5.74) is 30.3. The number of imidazole rings is 2. The molecule has 9 heteroatoms. The first kappa shape index (κ1) is 69.0. The van der Waals surface area contributed by atoms with Crippen molar-refractivity contribution < 1.29 is 0 Å². The summed E-state index contributed by atoms with van der Waals surface area (Å²) in [5.74, 6) is 3.08. The molecular weight excluding hydrogens is 1390 g/mol. The molecule has 0 aliphatic heterocycles. The van der Waals surface area contributed by atoms with Crippen LogP contribution in [0.3, 0.4) is 0 Å². The molecule has 0 radical (unpaired) electrons. The van der Waals surface area contributed by atoms with Crippen LogP contribution in [-0.2, 0) is 0 Å². The fourth-order valence-electron chi connectivity index (χ4n) is 15.2. The van der Waals surface area contributed by atoms with Crippen LogP contribution < -0.4 is 0 Å². The highest BCUT2D eigenvalue weighted by Gasteiger charge is 2.26. The number of benzene rings is 15. The molecule has 0 aliphatic carbocycles. The summed E-state index contributed by atoms with van der Waals surface area (Å²) in [7, 11) is 0. The van der Waals surface area contributed by atoms with Crippen molar-refractivity contribution in [3.63, 3.8) is 0 Å². The number of hydrogen-bond donors (Lipinski definition) is 0. The lowest BCUT2D eigenvalue weighted by Crippen LogP contribution is -2.01. The van der Waals surface area contributed by atoms with E-state index < -0.39 is 0 Å². The van der Waals surface area contributed by atoms with E-state index in [-0.39, 0.29) is 0 Å². The molecule has 0 saturated heterocycles. The Balaban J connectivity index is 0.000000153. The fourth-order valence-corrected chi connectivity index (χ4v) is 15.2. The van der Waals surface area contributed by atoms with Gasteiger partial charge >= 0.3 is 0 Å². The van der Waals surface area contributed by atoms with Crippen molar-refractivity contribution in [1.82, 2.24) is 44.0 Å². The molecular formula is C105H71N9. The summed E-state index contributed by atoms with van der Waals surface area (Å²) in [6.45, 7) is 0. The van der Waals surface area contributed by atoms with Gasteiger partial charge in [0.2, 0.25) is 0 Å². The second kappa shape index (κ2) is 31.3. The maximum atomic E-state index is 5.48. The molecule has 0 fully saturated rings. The van der Waals surface area contributed by atoms with Crippen molar-refractivity contribution in [2.24, 2.45) is 0 Å². The molecule has 20 aromatic rings. The molecule has 0 amide bonds. The van der Waals surface area contributed by atoms with Crippen LogP contribution in [0.2, 0.25) is 0 Å². The van der Waals surface area contributed by atoms with E-state index in [9.17, 15) is 0 Å². The number of hydrogen-bond acceptors (Lipinski definition) is 7. The lowest BCUT2D eigenvalue weighted by Gasteiger charge is -2.18. The Morgan fingerprint density at radius 2 is 0.430 bits per heavy atom. The molecule has 0 unspecified atom stereocenters. The Bertz CT molecular complexity index is 6100. The van der Waals surface area contributed by atoms with Crippen molar-refractivity contribution in [2.75, 3.05) is 0 Å². The standard InChI is InChI=1S/C53H36N4.C52H35N5/c1-6-18-37(19-7-1)43-34-44(38-20-8-2-9-21-38)36-45(35-43)52-55-50(40-22-10-3-11-23-40)49(51(56-52)41-24-12-4-13-25-41)39-30-32-42(33-31-39)53-54-47-28-16-17-29-48(47)57(53)46-26-14-5-15-27-46;1-5-16-36(17-6-1)42-32-43(41-22-15-31-53-35-41)34-44(33-42)51-55-49(38-18-7-2-8-19-38)48(50(56-51)39-20-9-3-10-21-39)37-27-29-40(30-28-37)52-54-46-25-13-14-26-47(46)57(52)45-23-11-4-12-24-45/h1-36H;1-35H. The molecule has 0 saturated carbocycles. The van der Waals surface area contributed by atoms with Crippen molar-refractivity contribution in [1.29, 1.82) is 0 Å². The van der Waals surface area contributed by atoms with E-state index in [1.54, 1.807) is 6.20 Å². The molecule has 20 rings (SSSR count). The van der Waals surface area contributed by atoms with Crippen LogP contribution in [0.15, 0.2) is 431 Å². The minimum atomic E-state index is 0.646. The van der Waals surface area contributed by atoms with E-state index in [0.717, 1.165) is 179 Å². The molecule has 0 bridgehead atoms. The molecule has 5 aromatic heterocycles. The highest BCUT2D eigenvalue weighted by molar-refractivity contribution is 5.96. The highest BCUT2D eigenvalue weighted by atomic mass is 15.1. The van der Waals surface area contributed by atoms with Crippen molar-refractivity contribution in [3.05, 3.63) is 431 Å². The first-order valence-electron chi connectivity index (χ1n) is 38.2. The lowest BCUT2D eigenvalue weighted by molar-refractivity contribution is 1.10. The summed E-state index contributed by atoms with van der Waals surface area (Å²) in [4.78, 5) is 36.6. The van der Waals surface area contributed by atoms with Gasteiger partial charge in [0.25, 0.3) is 0 Å². The van der Waals surface area contributed by atoms with Crippen LogP contribution in [-0.4, -0.2) is 44.0 Å². The summed E-state index contributed by atoms with van der Waals surface area (Å²) in [6, 6.07) is 145. The van der Waals surface area contributed by atoms with Crippen LogP contribution >= 0.6 is 0 Å². The Morgan fingerprint density at radius 1 is 0.175 bits per heavy atom. The summed E-state index contributed by atoms with van der Waals surface area (Å²) in [6.07, 6.45) is 3.71. The van der Waals surface area contributed by atoms with Crippen molar-refractivity contribution >= 4 is 22.1 Å². The zero-order valence-corrected chi connectivity index (χ0v) is 62.0. The monoisotopic (exact) mass is 1460 g/mol. The van der Waals surface area contributed by atoms with Crippen LogP contribution in [0.25, 0.3) is 191 Å². The van der Waals surface area contributed by atoms with Gasteiger partial charge in [-0.1, -0.05) is 328 Å². The Morgan fingerprint density at radius 3 is 0.737 bits per heavy atom. The van der Waals surface area contributed by atoms with Gasteiger partial charge in [0.1, 0.15) is 11.6 Å². The van der Waals surface area contributed by atoms with E-state index in [4.69, 9.17) is 29.9 Å². The third-order valence-electron chi connectivity index (χ3n) is 20.7. The van der Waals surface area contributed by atoms with Crippen molar-refractivity contribution in [2.45, 2.75) is 0 Å². The molecule has 114 heavy (non-hydrogen) atoms. The minimum Gasteiger partial charge on any atom is -0.292 e. The minimum absolute atomic E-state index is 0.646. The van der Waals surface area contributed by atoms with E-state index in [1.807, 2.05) is 66.9 Å². The number of nitrogens with zero attached hydrogens (tertiary/aromatic N) is 9. The first-order chi connectivity index (χ1) is 56.5. The molecule has 9 nitrogen and oxygen atoms in total. The quantitative estimate of drug-likeness (QED) is 0.0950. The summed E-state index contributed by atoms with van der Waals surface area (Å²) in [5, 5.41) is 0. The molecule has 0 N–H and O–H groups in total. The SMILES string of the molecule is c1ccc(-c2cc(-c3ccccc3)cc(-c3nc(-c4ccccc4)c(-c4ccc(-c5nc6ccccc6n5-c5ccccc5)cc4)c(-c4ccccc4)n3)c2)cc1.c1ccc(-c2cc(-c3cccnc3)cc(-c3nc(-c4ccccc4)c(-c4ccc(-c5nc6ccccc6n5-c5ccccc5)cc4)c(-c4ccccc4)n3)c2)cc1. The van der Waals surface area contributed by atoms with Gasteiger partial charge in [0, 0.05) is 85.0 Å². The van der Waals surface area contributed by atoms with Crippen LogP contribution in [0.4, 0.5) is 0 Å². The zero-order valence-electron chi connectivity index (χ0n) is 62.0. The summed E-state index contributed by atoms with van der Waals surface area (Å²) >= 11 is 0. The Hall–Kier alpha value is -15.5. The number of para-hydroxylation sites is 6. The highest BCUT2D eigenvalue weighted by Crippen LogP contribution is 2.45. The van der Waals surface area contributed by atoms with Gasteiger partial charge in [0.15, 0.2) is 11.6 Å². The van der Waals surface area contributed by atoms with Gasteiger partial charge in [-0.15, -0.1) is 0 Å². The maximum absolute atomic E-state index is 5.48. The fraction of sp³-hybridized carbons (Fsp3) is 0. The molecule has 5 heterocycles. The van der Waals surface area contributed by atoms with E-state index >= 15 is 0 Å². The number of aromatic nitrogens is 9. The van der Waals surface area contributed by atoms with Crippen molar-refractivity contribution in [3.8, 4) is 169 Å². The van der Waals surface area contributed by atoms with Gasteiger partial charge in [-0.3, -0.25) is 14.1 Å². The molecule has 0 spiro atoms. The van der Waals surface area contributed by atoms with E-state index in [1.165, 1.54) is 0 Å². The zero-order chi connectivity index (χ0) is 75.9. The van der Waals surface area contributed by atoms with Crippen LogP contribution in [0.1, 0.15) is 0 Å². The largest absolute Gasteiger partial charge is 0.292 e. The van der Waals surface area contributed by atoms with Crippen LogP contribution in [0.5, 0.6) is 0 Å². The number of fused-ring (bicyclic) bond motifs is 2. The smallest absolute Gasteiger partial charge is 0.160 e. The molecule has 536 valence electrons. The molecule has 0 aliphatic rings. The Labute approximate surface area is 661 Å². The lowest BCUT2D eigenvalue weighted by atomic mass is 9.92. The second-order valence-corrected chi connectivity index (χ2v) is 28.0. The van der Waals surface area contributed by atoms with Gasteiger partial charge in [-0.25, -0.2) is 29.9 Å². The van der Waals surface area contributed by atoms with E-state index in [2.05, 4.69) is 372 Å². The van der Waals surface area contributed by atoms with E-state index in [0.29, 0.717) is 11.6 Å². The number of pyridine rings is 1. The first-order valence-corrected chi connectivity index (χ1v) is 38.2. The van der Waals surface area contributed by atoms with Gasteiger partial charge in [-0.05, 0) is 141 Å². The average molecular weight is 1460 g/mol. The van der Waals surface area contributed by atoms with Gasteiger partial charge in [-0.2, -0.15) is 0 Å². The Kier molecular flexibility index (Phi) is 18.9. The average Bonchev–Trinajstić information content (AvgIpc) is 0.938. The summed E-state index contributed by atoms with van der Waals surface area (Å²) < 4.78 is 4.47. The van der Waals surface area contributed by atoms with Gasteiger partial charge in [0.05, 0.1) is 44.8 Å². The maximum Gasteiger partial charge on any atom is 0.160 e. The van der Waals surface area contributed by atoms with Gasteiger partial charge < -0.3 is 0 Å². The predicted molar refractivity (Wildman–Crippen MR) is 467 cm³/mol. The third-order valence-corrected chi connectivity index (χ3v) is 20.7. The molecule has 15 aromatic carbocycles. The second-order valence-electron chi connectivity index (χ2n) is 28.0. The van der Waals surface area contributed by atoms with Crippen LogP contribution in [0, 0.1) is 0 Å². The predicted octanol–water partition coefficient (Wildman–Crippen LogP) is 26.4. The topological polar surface area (TPSA) is 100 Å². The molecule has 0 atom stereocenters. The third kappa shape index (κ3) is 14.0. The number of rotatable bonds is 16. The normalized spacial score (nSPS) is 11.2.